The van der Waals surface area contributed by atoms with Crippen molar-refractivity contribution in [1.29, 1.82) is 0 Å². The molecule has 0 atom stereocenters. The first kappa shape index (κ1) is 10.3. The molecule has 0 spiro atoms. The summed E-state index contributed by atoms with van der Waals surface area (Å²) in [5, 5.41) is 0. The first-order chi connectivity index (χ1) is 4.95. The van der Waals surface area contributed by atoms with Crippen molar-refractivity contribution in [3.05, 3.63) is 23.9 Å². The van der Waals surface area contributed by atoms with Crippen LogP contribution >= 0.6 is 0 Å². The van der Waals surface area contributed by atoms with Crippen LogP contribution in [0.15, 0.2) is 23.9 Å². The van der Waals surface area contributed by atoms with E-state index in [2.05, 4.69) is 38.3 Å². The first-order valence-electron chi connectivity index (χ1n) is 3.99. The van der Waals surface area contributed by atoms with Crippen molar-refractivity contribution in [2.45, 2.75) is 20.8 Å². The predicted molar refractivity (Wildman–Crippen MR) is 51.4 cm³/mol. The van der Waals surface area contributed by atoms with E-state index in [9.17, 15) is 0 Å². The van der Waals surface area contributed by atoms with Gasteiger partial charge in [0, 0.05) is 19.8 Å². The maximum absolute atomic E-state index is 3.97. The van der Waals surface area contributed by atoms with Gasteiger partial charge in [-0.2, -0.15) is 0 Å². The molecule has 0 bridgehead atoms. The molecule has 0 aromatic carbocycles. The second-order valence-corrected chi connectivity index (χ2v) is 3.41. The molecule has 0 aliphatic rings. The zero-order chi connectivity index (χ0) is 9.02. The van der Waals surface area contributed by atoms with Gasteiger partial charge in [0.1, 0.15) is 0 Å². The van der Waals surface area contributed by atoms with Gasteiger partial charge in [0.25, 0.3) is 0 Å². The highest BCUT2D eigenvalue weighted by Gasteiger charge is 1.97. The predicted octanol–water partition coefficient (Wildman–Crippen LogP) is 2.66. The van der Waals surface area contributed by atoms with Crippen LogP contribution in [0.4, 0.5) is 0 Å². The third kappa shape index (κ3) is 3.87. The van der Waals surface area contributed by atoms with E-state index in [0.717, 1.165) is 0 Å². The number of rotatable bonds is 3. The van der Waals surface area contributed by atoms with Gasteiger partial charge in [-0.05, 0) is 18.9 Å². The molecule has 1 nitrogen and oxygen atoms in total. The van der Waals surface area contributed by atoms with E-state index in [1.165, 1.54) is 11.3 Å². The van der Waals surface area contributed by atoms with Crippen molar-refractivity contribution in [2.75, 3.05) is 14.1 Å². The van der Waals surface area contributed by atoms with Gasteiger partial charge in [-0.3, -0.25) is 0 Å². The lowest BCUT2D eigenvalue weighted by Crippen LogP contribution is -2.08. The Balaban J connectivity index is 4.20. The summed E-state index contributed by atoms with van der Waals surface area (Å²) in [6, 6.07) is 0. The highest BCUT2D eigenvalue weighted by Crippen LogP contribution is 2.11. The molecule has 0 rings (SSSR count). The van der Waals surface area contributed by atoms with Crippen LogP contribution < -0.4 is 0 Å². The third-order valence-electron chi connectivity index (χ3n) is 1.84. The molecular formula is C10H19N. The molecule has 0 amide bonds. The first-order valence-corrected chi connectivity index (χ1v) is 3.99. The fourth-order valence-electron chi connectivity index (χ4n) is 0.564. The summed E-state index contributed by atoms with van der Waals surface area (Å²) in [6.45, 7) is 10.4. The molecule has 0 N–H and O–H groups in total. The van der Waals surface area contributed by atoms with Gasteiger partial charge >= 0.3 is 0 Å². The minimum Gasteiger partial charge on any atom is -0.381 e. The second kappa shape index (κ2) is 4.22. The van der Waals surface area contributed by atoms with Gasteiger partial charge in [-0.25, -0.2) is 0 Å². The Kier molecular flexibility index (Phi) is 3.94. The molecule has 0 radical (unpaired) electrons. The van der Waals surface area contributed by atoms with Crippen molar-refractivity contribution in [3.63, 3.8) is 0 Å². The molecule has 0 aliphatic heterocycles. The molecular weight excluding hydrogens is 134 g/mol. The van der Waals surface area contributed by atoms with Crippen molar-refractivity contribution in [1.82, 2.24) is 4.90 Å². The van der Waals surface area contributed by atoms with Gasteiger partial charge in [-0.15, -0.1) is 0 Å². The Morgan fingerprint density at radius 3 is 2.09 bits per heavy atom. The fraction of sp³-hybridized carbons (Fsp3) is 0.600. The topological polar surface area (TPSA) is 3.24 Å². The lowest BCUT2D eigenvalue weighted by molar-refractivity contribution is 0.512. The maximum Gasteiger partial charge on any atom is 0.00985 e. The third-order valence-corrected chi connectivity index (χ3v) is 1.84. The minimum absolute atomic E-state index is 0.546. The van der Waals surface area contributed by atoms with Crippen molar-refractivity contribution in [2.24, 2.45) is 5.92 Å². The number of nitrogens with zero attached hydrogens (tertiary/aromatic N) is 1. The van der Waals surface area contributed by atoms with Crippen molar-refractivity contribution < 1.29 is 0 Å². The van der Waals surface area contributed by atoms with E-state index in [0.29, 0.717) is 5.92 Å². The molecule has 0 saturated carbocycles. The highest BCUT2D eigenvalue weighted by molar-refractivity contribution is 5.20. The summed E-state index contributed by atoms with van der Waals surface area (Å²) in [4.78, 5) is 2.09. The van der Waals surface area contributed by atoms with E-state index in [-0.39, 0.29) is 0 Å². The summed E-state index contributed by atoms with van der Waals surface area (Å²) in [5.74, 6) is 0.546. The van der Waals surface area contributed by atoms with E-state index in [4.69, 9.17) is 0 Å². The zero-order valence-electron chi connectivity index (χ0n) is 8.31. The van der Waals surface area contributed by atoms with Crippen LogP contribution in [0.1, 0.15) is 20.8 Å². The normalized spacial score (nSPS) is 12.0. The average Bonchev–Trinajstić information content (AvgIpc) is 1.87. The molecule has 0 aliphatic carbocycles. The van der Waals surface area contributed by atoms with Gasteiger partial charge in [0.15, 0.2) is 0 Å². The Bertz CT molecular complexity index is 164. The Morgan fingerprint density at radius 2 is 1.82 bits per heavy atom. The lowest BCUT2D eigenvalue weighted by Gasteiger charge is -2.14. The smallest absolute Gasteiger partial charge is 0.00985 e. The number of hydrogen-bond acceptors (Lipinski definition) is 1. The summed E-state index contributed by atoms with van der Waals surface area (Å²) in [6.07, 6.45) is 2.13. The number of allylic oxidation sites excluding steroid dienone is 3. The van der Waals surface area contributed by atoms with E-state index >= 15 is 0 Å². The SMILES string of the molecule is C=C(/C=C(/C)N(C)C)C(C)C. The number of hydrogen-bond donors (Lipinski definition) is 0. The van der Waals surface area contributed by atoms with Gasteiger partial charge < -0.3 is 4.90 Å². The van der Waals surface area contributed by atoms with Crippen LogP contribution in [0.2, 0.25) is 0 Å². The summed E-state index contributed by atoms with van der Waals surface area (Å²) in [7, 11) is 4.08. The summed E-state index contributed by atoms with van der Waals surface area (Å²) in [5.41, 5.74) is 2.44. The molecule has 64 valence electrons. The van der Waals surface area contributed by atoms with Crippen LogP contribution in [0.5, 0.6) is 0 Å². The Labute approximate surface area is 70.4 Å². The molecule has 0 heterocycles. The largest absolute Gasteiger partial charge is 0.381 e. The monoisotopic (exact) mass is 153 g/mol. The van der Waals surface area contributed by atoms with Crippen LogP contribution in [-0.2, 0) is 0 Å². The fourth-order valence-corrected chi connectivity index (χ4v) is 0.564. The van der Waals surface area contributed by atoms with Crippen LogP contribution in [0, 0.1) is 5.92 Å². The summed E-state index contributed by atoms with van der Waals surface area (Å²) >= 11 is 0. The standard InChI is InChI=1S/C10H19N/c1-8(2)9(3)7-10(4)11(5)6/h7-8H,3H2,1-2,4-6H3/b10-7-. The molecule has 1 heteroatoms. The Morgan fingerprint density at radius 1 is 1.36 bits per heavy atom. The van der Waals surface area contributed by atoms with Crippen LogP contribution in [0.25, 0.3) is 0 Å². The molecule has 11 heavy (non-hydrogen) atoms. The van der Waals surface area contributed by atoms with Gasteiger partial charge in [0.2, 0.25) is 0 Å². The summed E-state index contributed by atoms with van der Waals surface area (Å²) < 4.78 is 0. The van der Waals surface area contributed by atoms with Crippen molar-refractivity contribution in [3.8, 4) is 0 Å². The van der Waals surface area contributed by atoms with Gasteiger partial charge in [0.05, 0.1) is 0 Å². The van der Waals surface area contributed by atoms with Gasteiger partial charge in [-0.1, -0.05) is 26.0 Å². The second-order valence-electron chi connectivity index (χ2n) is 3.41. The molecule has 0 saturated heterocycles. The van der Waals surface area contributed by atoms with Crippen molar-refractivity contribution >= 4 is 0 Å². The van der Waals surface area contributed by atoms with Crippen LogP contribution in [0.3, 0.4) is 0 Å². The van der Waals surface area contributed by atoms with Crippen LogP contribution in [-0.4, -0.2) is 19.0 Å². The molecule has 0 fully saturated rings. The van der Waals surface area contributed by atoms with E-state index in [1.807, 2.05) is 14.1 Å². The Hall–Kier alpha value is -0.720. The molecule has 0 aromatic heterocycles. The lowest BCUT2D eigenvalue weighted by atomic mass is 10.0. The van der Waals surface area contributed by atoms with E-state index < -0.39 is 0 Å². The maximum atomic E-state index is 3.97. The van der Waals surface area contributed by atoms with E-state index in [1.54, 1.807) is 0 Å². The molecule has 0 aromatic rings. The molecule has 0 unspecified atom stereocenters. The average molecular weight is 153 g/mol. The highest BCUT2D eigenvalue weighted by atomic mass is 15.1. The minimum atomic E-state index is 0.546. The quantitative estimate of drug-likeness (QED) is 0.563. The zero-order valence-corrected chi connectivity index (χ0v) is 8.31.